The van der Waals surface area contributed by atoms with E-state index in [9.17, 15) is 54.6 Å². The Kier molecular flexibility index (Phi) is 16.5. The SMILES string of the molecule is CC(=O)[C@]1(O)Cc2c(O)c3c(c(O)c2[C@@H](O[C@H]2C[C@H](N)[C@H](O)[C@H](C)O2)C1)C(=O)c1ccccc1C3=O.Cl.O=C1c2c(O)ccc(O)c2C(=O)c2c(NCCNCCO)ccc(NCCNCCO)c21. The number of benzene rings is 4. The minimum Gasteiger partial charge on any atom is -0.507 e. The quantitative estimate of drug-likeness (QED) is 0.0509. The molecule has 0 saturated carbocycles. The number of ether oxygens (including phenoxy) is 2. The van der Waals surface area contributed by atoms with Crippen LogP contribution in [0.3, 0.4) is 0 Å². The van der Waals surface area contributed by atoms with Gasteiger partial charge in [-0.3, -0.25) is 24.0 Å². The number of Topliss-reactive ketones (excluding diaryl/α,β-unsaturated/α-hetero) is 1. The molecule has 4 aromatic rings. The molecule has 4 aliphatic rings. The lowest BCUT2D eigenvalue weighted by atomic mass is 9.72. The number of hydrogen-bond acceptors (Lipinski definition) is 20. The molecule has 1 aliphatic heterocycles. The average Bonchev–Trinajstić information content (AvgIpc) is 3.31. The van der Waals surface area contributed by atoms with E-state index in [2.05, 4.69) is 21.3 Å². The first-order valence-electron chi connectivity index (χ1n) is 22.1. The van der Waals surface area contributed by atoms with E-state index in [1.165, 1.54) is 31.2 Å². The standard InChI is InChI=1S/C26H27NO9.C22H28N4O6.ClH/c1-10-21(29)15(27)7-17(35-10)36-16-9-26(34,11(2)28)8-14-18(16)25(33)20-19(24(14)32)22(30)12-5-3-4-6-13(12)23(20)31;27-11-9-23-5-7-25-13-1-2-14(26-8-6-24-10-12-28)18-17(13)21(31)19-15(29)3-4-16(30)20(19)22(18)32;/h3-6,10,15-17,21,29,32-34H,7-9,27H2,1-2H3;1-4,23-30H,5-12H2;1H/t10-,15-,16-,17-,21+,26-;;/m0../s1. The molecule has 6 atom stereocenters. The van der Waals surface area contributed by atoms with E-state index in [-0.39, 0.29) is 106 Å². The molecule has 69 heavy (non-hydrogen) atoms. The molecule has 0 amide bonds. The second kappa shape index (κ2) is 21.7. The van der Waals surface area contributed by atoms with Gasteiger partial charge in [0.05, 0.1) is 64.9 Å². The van der Waals surface area contributed by atoms with E-state index in [1.54, 1.807) is 31.2 Å². The summed E-state index contributed by atoms with van der Waals surface area (Å²) in [7, 11) is 0. The number of aliphatic hydroxyl groups is 4. The Bertz CT molecular complexity index is 2570. The molecule has 0 unspecified atom stereocenters. The molecule has 20 nitrogen and oxygen atoms in total. The number of carbonyl (C=O) groups excluding carboxylic acids is 5. The normalized spacial score (nSPS) is 22.2. The molecule has 0 bridgehead atoms. The van der Waals surface area contributed by atoms with Crippen molar-refractivity contribution in [2.45, 2.75) is 69.4 Å². The van der Waals surface area contributed by atoms with Crippen molar-refractivity contribution in [1.29, 1.82) is 0 Å². The van der Waals surface area contributed by atoms with Crippen LogP contribution in [0.25, 0.3) is 0 Å². The monoisotopic (exact) mass is 977 g/mol. The number of anilines is 2. The van der Waals surface area contributed by atoms with Crippen molar-refractivity contribution in [3.63, 3.8) is 0 Å². The largest absolute Gasteiger partial charge is 0.507 e. The first-order valence-corrected chi connectivity index (χ1v) is 22.1. The number of fused-ring (bicyclic) bond motifs is 5. The summed E-state index contributed by atoms with van der Waals surface area (Å²) in [6.07, 6.45) is -4.38. The minimum absolute atomic E-state index is 0. The molecule has 0 aromatic heterocycles. The van der Waals surface area contributed by atoms with E-state index < -0.39 is 83.1 Å². The van der Waals surface area contributed by atoms with E-state index in [1.807, 2.05) is 0 Å². The van der Waals surface area contributed by atoms with Gasteiger partial charge in [-0.2, -0.15) is 0 Å². The lowest BCUT2D eigenvalue weighted by Crippen LogP contribution is -2.52. The van der Waals surface area contributed by atoms with Crippen molar-refractivity contribution in [3.8, 4) is 23.0 Å². The summed E-state index contributed by atoms with van der Waals surface area (Å²) in [4.78, 5) is 65.8. The summed E-state index contributed by atoms with van der Waals surface area (Å²) in [6, 6.07) is 11.1. The molecule has 0 radical (unpaired) electrons. The van der Waals surface area contributed by atoms with Crippen LogP contribution in [-0.4, -0.2) is 152 Å². The third-order valence-electron chi connectivity index (χ3n) is 12.6. The van der Waals surface area contributed by atoms with Crippen LogP contribution in [0.15, 0.2) is 48.5 Å². The number of aliphatic hydroxyl groups excluding tert-OH is 3. The first kappa shape index (κ1) is 52.3. The topological polar surface area (TPSA) is 340 Å². The van der Waals surface area contributed by atoms with Gasteiger partial charge in [-0.25, -0.2) is 0 Å². The van der Waals surface area contributed by atoms with E-state index in [0.29, 0.717) is 50.6 Å². The highest BCUT2D eigenvalue weighted by molar-refractivity contribution is 6.33. The van der Waals surface area contributed by atoms with Crippen LogP contribution in [0.1, 0.15) is 108 Å². The van der Waals surface area contributed by atoms with Gasteiger partial charge in [0.1, 0.15) is 28.6 Å². The molecule has 4 aromatic carbocycles. The maximum absolute atomic E-state index is 13.4. The number of nitrogens with one attached hydrogen (secondary N) is 4. The lowest BCUT2D eigenvalue weighted by molar-refractivity contribution is -0.247. The number of rotatable bonds is 15. The second-order valence-electron chi connectivity index (χ2n) is 17.0. The zero-order chi connectivity index (χ0) is 49.2. The van der Waals surface area contributed by atoms with Crippen LogP contribution in [0.2, 0.25) is 0 Å². The third kappa shape index (κ3) is 10.0. The molecule has 1 heterocycles. The molecule has 1 saturated heterocycles. The van der Waals surface area contributed by atoms with Crippen LogP contribution in [0, 0.1) is 0 Å². The van der Waals surface area contributed by atoms with Crippen molar-refractivity contribution in [3.05, 3.63) is 104 Å². The average molecular weight is 978 g/mol. The van der Waals surface area contributed by atoms with Crippen LogP contribution >= 0.6 is 12.4 Å². The predicted molar refractivity (Wildman–Crippen MR) is 251 cm³/mol. The highest BCUT2D eigenvalue weighted by atomic mass is 35.5. The van der Waals surface area contributed by atoms with E-state index in [4.69, 9.17) is 25.4 Å². The highest BCUT2D eigenvalue weighted by Crippen LogP contribution is 2.52. The van der Waals surface area contributed by atoms with Gasteiger partial charge in [0.2, 0.25) is 11.6 Å². The number of phenolic OH excluding ortho intramolecular Hbond substituents is 4. The zero-order valence-electron chi connectivity index (χ0n) is 37.7. The maximum Gasteiger partial charge on any atom is 0.200 e. The first-order chi connectivity index (χ1) is 32.4. The minimum atomic E-state index is -1.97. The highest BCUT2D eigenvalue weighted by Gasteiger charge is 2.49. The van der Waals surface area contributed by atoms with Crippen molar-refractivity contribution in [1.82, 2.24) is 10.6 Å². The molecular weight excluding hydrogens is 922 g/mol. The van der Waals surface area contributed by atoms with Crippen molar-refractivity contribution < 1.29 is 74.3 Å². The van der Waals surface area contributed by atoms with Crippen LogP contribution in [0.4, 0.5) is 11.4 Å². The van der Waals surface area contributed by atoms with Gasteiger partial charge in [-0.15, -0.1) is 12.4 Å². The number of nitrogens with two attached hydrogens (primary N) is 1. The molecule has 21 heteroatoms. The Hall–Kier alpha value is -6.04. The fourth-order valence-electron chi connectivity index (χ4n) is 9.06. The summed E-state index contributed by atoms with van der Waals surface area (Å²) >= 11 is 0. The molecule has 370 valence electrons. The molecule has 3 aliphatic carbocycles. The van der Waals surface area contributed by atoms with Crippen molar-refractivity contribution >= 4 is 52.7 Å². The number of carbonyl (C=O) groups is 5. The van der Waals surface area contributed by atoms with Gasteiger partial charge < -0.3 is 77.3 Å². The Balaban J connectivity index is 0.000000225. The number of phenols is 4. The van der Waals surface area contributed by atoms with Gasteiger partial charge in [0, 0.05) is 98.2 Å². The van der Waals surface area contributed by atoms with Gasteiger partial charge in [-0.1, -0.05) is 24.3 Å². The Labute approximate surface area is 401 Å². The van der Waals surface area contributed by atoms with Gasteiger partial charge in [0.15, 0.2) is 23.6 Å². The van der Waals surface area contributed by atoms with Crippen LogP contribution < -0.4 is 27.0 Å². The Morgan fingerprint density at radius 3 is 1.68 bits per heavy atom. The summed E-state index contributed by atoms with van der Waals surface area (Å²) in [5.41, 5.74) is 4.06. The summed E-state index contributed by atoms with van der Waals surface area (Å²) < 4.78 is 11.8. The van der Waals surface area contributed by atoms with Gasteiger partial charge >= 0.3 is 0 Å². The van der Waals surface area contributed by atoms with Gasteiger partial charge in [-0.05, 0) is 38.1 Å². The number of ketones is 5. The number of halogens is 1. The third-order valence-corrected chi connectivity index (χ3v) is 12.6. The van der Waals surface area contributed by atoms with Crippen LogP contribution in [-0.2, 0) is 20.7 Å². The fraction of sp³-hybridized carbons (Fsp3) is 0.396. The van der Waals surface area contributed by atoms with Crippen molar-refractivity contribution in [2.24, 2.45) is 5.73 Å². The molecule has 8 rings (SSSR count). The lowest BCUT2D eigenvalue weighted by Gasteiger charge is -2.42. The van der Waals surface area contributed by atoms with Crippen molar-refractivity contribution in [2.75, 3.05) is 63.1 Å². The number of aromatic hydroxyl groups is 4. The summed E-state index contributed by atoms with van der Waals surface area (Å²) in [5.74, 6) is -4.92. The van der Waals surface area contributed by atoms with E-state index in [0.717, 1.165) is 0 Å². The zero-order valence-corrected chi connectivity index (χ0v) is 38.5. The fourth-order valence-corrected chi connectivity index (χ4v) is 9.06. The summed E-state index contributed by atoms with van der Waals surface area (Å²) in [5, 5.41) is 94.4. The maximum atomic E-state index is 13.4. The summed E-state index contributed by atoms with van der Waals surface area (Å²) in [6.45, 7) is 5.61. The Morgan fingerprint density at radius 1 is 0.725 bits per heavy atom. The van der Waals surface area contributed by atoms with Crippen LogP contribution in [0.5, 0.6) is 23.0 Å². The molecule has 1 fully saturated rings. The smallest absolute Gasteiger partial charge is 0.200 e. The molecular formula is C48H56ClN5O15. The number of hydrogen-bond donors (Lipinski definition) is 13. The molecule has 14 N–H and O–H groups in total. The molecule has 0 spiro atoms. The van der Waals surface area contributed by atoms with E-state index >= 15 is 0 Å². The second-order valence-corrected chi connectivity index (χ2v) is 17.0. The Morgan fingerprint density at radius 2 is 1.22 bits per heavy atom. The van der Waals surface area contributed by atoms with Gasteiger partial charge in [0.25, 0.3) is 0 Å². The predicted octanol–water partition coefficient (Wildman–Crippen LogP) is 1.30.